The molecule has 0 saturated carbocycles. The molecular weight excluding hydrogens is 280 g/mol. The first-order valence-electron chi connectivity index (χ1n) is 5.98. The largest absolute Gasteiger partial charge is 0.496 e. The molecule has 0 saturated heterocycles. The first-order valence-corrected chi connectivity index (χ1v) is 6.77. The summed E-state index contributed by atoms with van der Waals surface area (Å²) in [6.45, 7) is 3.92. The van der Waals surface area contributed by atoms with Gasteiger partial charge in [0, 0.05) is 23.3 Å². The van der Waals surface area contributed by atoms with E-state index in [1.54, 1.807) is 6.20 Å². The van der Waals surface area contributed by atoms with Crippen molar-refractivity contribution in [3.8, 4) is 0 Å². The highest BCUT2D eigenvalue weighted by Crippen LogP contribution is 2.27. The number of hydrogen-bond donors (Lipinski definition) is 1. The van der Waals surface area contributed by atoms with E-state index in [9.17, 15) is 0 Å². The van der Waals surface area contributed by atoms with Gasteiger partial charge in [-0.25, -0.2) is 0 Å². The Morgan fingerprint density at radius 1 is 1.53 bits per heavy atom. The van der Waals surface area contributed by atoms with E-state index in [1.165, 1.54) is 0 Å². The summed E-state index contributed by atoms with van der Waals surface area (Å²) in [5.74, 6) is 1.03. The topological polar surface area (TPSA) is 34.1 Å². The number of nitrogens with zero attached hydrogens (tertiary/aromatic N) is 1. The van der Waals surface area contributed by atoms with E-state index < -0.39 is 0 Å². The molecule has 0 amide bonds. The van der Waals surface area contributed by atoms with E-state index in [-0.39, 0.29) is 6.04 Å². The van der Waals surface area contributed by atoms with Gasteiger partial charge >= 0.3 is 0 Å². The van der Waals surface area contributed by atoms with Crippen molar-refractivity contribution in [2.45, 2.75) is 25.8 Å². The van der Waals surface area contributed by atoms with Gasteiger partial charge in [0.1, 0.15) is 5.76 Å². The zero-order valence-electron chi connectivity index (χ0n) is 9.95. The van der Waals surface area contributed by atoms with Gasteiger partial charge in [0.05, 0.1) is 12.6 Å². The van der Waals surface area contributed by atoms with Crippen molar-refractivity contribution in [2.24, 2.45) is 0 Å². The van der Waals surface area contributed by atoms with Gasteiger partial charge in [-0.15, -0.1) is 0 Å². The number of hydrogen-bond acceptors (Lipinski definition) is 3. The molecule has 92 valence electrons. The molecule has 0 aromatic carbocycles. The summed E-state index contributed by atoms with van der Waals surface area (Å²) in [4.78, 5) is 4.21. The van der Waals surface area contributed by atoms with E-state index in [1.807, 2.05) is 6.20 Å². The predicted molar refractivity (Wildman–Crippen MR) is 71.6 cm³/mol. The lowest BCUT2D eigenvalue weighted by Crippen LogP contribution is -2.24. The van der Waals surface area contributed by atoms with Crippen molar-refractivity contribution in [3.63, 3.8) is 0 Å². The van der Waals surface area contributed by atoms with Gasteiger partial charge < -0.3 is 10.1 Å². The molecule has 1 atom stereocenters. The number of ether oxygens (including phenoxy) is 1. The van der Waals surface area contributed by atoms with Crippen molar-refractivity contribution in [1.29, 1.82) is 0 Å². The summed E-state index contributed by atoms with van der Waals surface area (Å²) in [7, 11) is 0. The van der Waals surface area contributed by atoms with Crippen molar-refractivity contribution >= 4 is 15.9 Å². The highest BCUT2D eigenvalue weighted by atomic mass is 79.9. The van der Waals surface area contributed by atoms with Crippen LogP contribution in [0.1, 0.15) is 31.4 Å². The molecule has 1 unspecified atom stereocenters. The summed E-state index contributed by atoms with van der Waals surface area (Å²) in [5.41, 5.74) is 1.14. The summed E-state index contributed by atoms with van der Waals surface area (Å²) in [6, 6.07) is 2.21. The second kappa shape index (κ2) is 6.17. The highest BCUT2D eigenvalue weighted by molar-refractivity contribution is 9.10. The van der Waals surface area contributed by atoms with Crippen LogP contribution in [-0.2, 0) is 4.74 Å². The van der Waals surface area contributed by atoms with E-state index >= 15 is 0 Å². The van der Waals surface area contributed by atoms with Crippen LogP contribution in [0.25, 0.3) is 0 Å². The van der Waals surface area contributed by atoms with Gasteiger partial charge in [0.25, 0.3) is 0 Å². The van der Waals surface area contributed by atoms with Gasteiger partial charge in [-0.3, -0.25) is 4.98 Å². The quantitative estimate of drug-likeness (QED) is 0.906. The third kappa shape index (κ3) is 3.30. The van der Waals surface area contributed by atoms with E-state index in [0.29, 0.717) is 0 Å². The van der Waals surface area contributed by atoms with Crippen molar-refractivity contribution in [3.05, 3.63) is 40.3 Å². The Kier molecular flexibility index (Phi) is 4.57. The van der Waals surface area contributed by atoms with Crippen LogP contribution in [0.15, 0.2) is 34.8 Å². The maximum atomic E-state index is 5.66. The maximum absolute atomic E-state index is 5.66. The van der Waals surface area contributed by atoms with Crippen LogP contribution < -0.4 is 5.32 Å². The van der Waals surface area contributed by atoms with Crippen LogP contribution in [0, 0.1) is 0 Å². The lowest BCUT2D eigenvalue weighted by Gasteiger charge is -2.19. The number of pyridine rings is 1. The van der Waals surface area contributed by atoms with Crippen molar-refractivity contribution in [2.75, 3.05) is 13.2 Å². The minimum atomic E-state index is 0.127. The molecule has 1 aliphatic heterocycles. The smallest absolute Gasteiger partial charge is 0.114 e. The van der Waals surface area contributed by atoms with Gasteiger partial charge in [-0.2, -0.15) is 0 Å². The second-order valence-corrected chi connectivity index (χ2v) is 4.98. The van der Waals surface area contributed by atoms with Crippen LogP contribution in [-0.4, -0.2) is 18.1 Å². The Balaban J connectivity index is 2.19. The van der Waals surface area contributed by atoms with Gasteiger partial charge in [-0.1, -0.05) is 6.92 Å². The molecule has 4 heteroatoms. The summed E-state index contributed by atoms with van der Waals surface area (Å²) in [6.07, 6.45) is 7.95. The number of halogens is 1. The molecule has 0 spiro atoms. The molecule has 2 heterocycles. The van der Waals surface area contributed by atoms with Crippen LogP contribution in [0.4, 0.5) is 0 Å². The average molecular weight is 297 g/mol. The third-order valence-corrected chi connectivity index (χ3v) is 3.11. The molecule has 0 fully saturated rings. The minimum absolute atomic E-state index is 0.127. The Morgan fingerprint density at radius 2 is 2.41 bits per heavy atom. The highest BCUT2D eigenvalue weighted by Gasteiger charge is 2.20. The molecule has 1 aliphatic rings. The second-order valence-electron chi connectivity index (χ2n) is 4.07. The van der Waals surface area contributed by atoms with Crippen LogP contribution in [0.2, 0.25) is 0 Å². The Labute approximate surface area is 110 Å². The molecule has 1 aromatic heterocycles. The Hall–Kier alpha value is -0.870. The summed E-state index contributed by atoms with van der Waals surface area (Å²) >= 11 is 3.46. The number of aromatic nitrogens is 1. The molecule has 1 aromatic rings. The molecule has 1 N–H and O–H groups in total. The fourth-order valence-corrected chi connectivity index (χ4v) is 2.28. The maximum Gasteiger partial charge on any atom is 0.114 e. The molecule has 0 aliphatic carbocycles. The van der Waals surface area contributed by atoms with Crippen LogP contribution in [0.3, 0.4) is 0 Å². The lowest BCUT2D eigenvalue weighted by atomic mass is 10.1. The van der Waals surface area contributed by atoms with E-state index in [4.69, 9.17) is 4.74 Å². The fraction of sp³-hybridized carbons (Fsp3) is 0.462. The minimum Gasteiger partial charge on any atom is -0.496 e. The van der Waals surface area contributed by atoms with Crippen LogP contribution in [0.5, 0.6) is 0 Å². The summed E-state index contributed by atoms with van der Waals surface area (Å²) in [5, 5.41) is 3.50. The number of nitrogens with one attached hydrogen (secondary N) is 1. The molecular formula is C13H17BrN2O. The van der Waals surface area contributed by atoms with E-state index in [2.05, 4.69) is 45.3 Å². The monoisotopic (exact) mass is 296 g/mol. The number of rotatable bonds is 5. The first kappa shape index (κ1) is 12.6. The van der Waals surface area contributed by atoms with Gasteiger partial charge in [-0.05, 0) is 46.6 Å². The van der Waals surface area contributed by atoms with Gasteiger partial charge in [0.15, 0.2) is 0 Å². The zero-order valence-corrected chi connectivity index (χ0v) is 11.5. The normalized spacial score (nSPS) is 16.5. The SMILES string of the molecule is CCCNC(C1=CCCO1)c1cncc(Br)c1. The lowest BCUT2D eigenvalue weighted by molar-refractivity contribution is 0.215. The first-order chi connectivity index (χ1) is 8.31. The Bertz CT molecular complexity index is 406. The van der Waals surface area contributed by atoms with Crippen molar-refractivity contribution < 1.29 is 4.74 Å². The standard InChI is InChI=1S/C13H17BrN2O/c1-2-5-16-13(12-4-3-6-17-12)10-7-11(14)9-15-8-10/h4,7-9,13,16H,2-3,5-6H2,1H3. The van der Waals surface area contributed by atoms with Crippen molar-refractivity contribution in [1.82, 2.24) is 10.3 Å². The summed E-state index contributed by atoms with van der Waals surface area (Å²) < 4.78 is 6.66. The fourth-order valence-electron chi connectivity index (χ4n) is 1.90. The third-order valence-electron chi connectivity index (χ3n) is 2.67. The van der Waals surface area contributed by atoms with E-state index in [0.717, 1.165) is 41.8 Å². The molecule has 2 rings (SSSR count). The van der Waals surface area contributed by atoms with Crippen LogP contribution >= 0.6 is 15.9 Å². The Morgan fingerprint density at radius 3 is 3.06 bits per heavy atom. The molecule has 0 radical (unpaired) electrons. The zero-order chi connectivity index (χ0) is 12.1. The van der Waals surface area contributed by atoms with Gasteiger partial charge in [0.2, 0.25) is 0 Å². The predicted octanol–water partition coefficient (Wildman–Crippen LogP) is 3.19. The molecule has 0 bridgehead atoms. The molecule has 17 heavy (non-hydrogen) atoms. The molecule has 3 nitrogen and oxygen atoms in total. The average Bonchev–Trinajstić information content (AvgIpc) is 2.83.